The number of anilines is 1. The minimum atomic E-state index is -0.487. The first-order valence-corrected chi connectivity index (χ1v) is 11.0. The van der Waals surface area contributed by atoms with E-state index in [9.17, 15) is 14.0 Å². The summed E-state index contributed by atoms with van der Waals surface area (Å²) in [6.45, 7) is 5.78. The van der Waals surface area contributed by atoms with Crippen molar-refractivity contribution in [3.05, 3.63) is 59.4 Å². The average Bonchev–Trinajstić information content (AvgIpc) is 2.79. The van der Waals surface area contributed by atoms with Crippen molar-refractivity contribution in [1.82, 2.24) is 9.80 Å². The van der Waals surface area contributed by atoms with Crippen molar-refractivity contribution >= 4 is 17.5 Å². The van der Waals surface area contributed by atoms with E-state index in [4.69, 9.17) is 9.47 Å². The first kappa shape index (κ1) is 24.7. The van der Waals surface area contributed by atoms with Crippen LogP contribution < -0.4 is 10.1 Å². The summed E-state index contributed by atoms with van der Waals surface area (Å²) in [5, 5.41) is 2.75. The number of carbonyl (C=O) groups excluding carboxylic acids is 2. The Morgan fingerprint density at radius 1 is 1.15 bits per heavy atom. The lowest BCUT2D eigenvalue weighted by Crippen LogP contribution is -2.45. The smallest absolute Gasteiger partial charge is 0.257 e. The largest absolute Gasteiger partial charge is 0.491 e. The Morgan fingerprint density at radius 2 is 1.91 bits per heavy atom. The van der Waals surface area contributed by atoms with Gasteiger partial charge in [0.25, 0.3) is 11.8 Å². The molecule has 0 saturated carbocycles. The fourth-order valence-electron chi connectivity index (χ4n) is 3.86. The van der Waals surface area contributed by atoms with Gasteiger partial charge in [0.15, 0.2) is 0 Å². The molecule has 0 aliphatic carbocycles. The van der Waals surface area contributed by atoms with Crippen LogP contribution in [0.3, 0.4) is 0 Å². The van der Waals surface area contributed by atoms with Crippen LogP contribution in [0.4, 0.5) is 10.1 Å². The fourth-order valence-corrected chi connectivity index (χ4v) is 3.86. The van der Waals surface area contributed by atoms with Gasteiger partial charge in [0.05, 0.1) is 11.7 Å². The number of nitrogens with one attached hydrogen (secondary N) is 1. The lowest BCUT2D eigenvalue weighted by molar-refractivity contribution is 0.0150. The Kier molecular flexibility index (Phi) is 8.05. The second-order valence-electron chi connectivity index (χ2n) is 8.71. The third kappa shape index (κ3) is 6.09. The molecule has 7 nitrogen and oxygen atoms in total. The molecule has 8 heteroatoms. The second kappa shape index (κ2) is 10.8. The molecule has 0 bridgehead atoms. The Bertz CT molecular complexity index is 999. The van der Waals surface area contributed by atoms with Gasteiger partial charge >= 0.3 is 0 Å². The molecule has 2 amide bonds. The summed E-state index contributed by atoms with van der Waals surface area (Å²) in [5.41, 5.74) is 1.06. The van der Waals surface area contributed by atoms with Crippen LogP contribution in [0.5, 0.6) is 5.75 Å². The molecular weight excluding hydrogens is 425 g/mol. The molecular formula is C25H32FN3O4. The predicted octanol–water partition coefficient (Wildman–Crippen LogP) is 3.51. The van der Waals surface area contributed by atoms with Gasteiger partial charge in [0.1, 0.15) is 18.2 Å². The quantitative estimate of drug-likeness (QED) is 0.764. The molecule has 3 atom stereocenters. The van der Waals surface area contributed by atoms with E-state index in [0.717, 1.165) is 6.54 Å². The maximum Gasteiger partial charge on any atom is 0.257 e. The number of amides is 2. The Labute approximate surface area is 194 Å². The Morgan fingerprint density at radius 3 is 2.61 bits per heavy atom. The van der Waals surface area contributed by atoms with Gasteiger partial charge in [0, 0.05) is 50.6 Å². The topological polar surface area (TPSA) is 71.1 Å². The summed E-state index contributed by atoms with van der Waals surface area (Å²) in [6, 6.07) is 10.5. The van der Waals surface area contributed by atoms with Crippen molar-refractivity contribution in [3.8, 4) is 5.75 Å². The number of nitrogens with zero attached hydrogens (tertiary/aromatic N) is 2. The van der Waals surface area contributed by atoms with Crippen LogP contribution in [0.15, 0.2) is 42.5 Å². The van der Waals surface area contributed by atoms with E-state index in [1.54, 1.807) is 37.3 Å². The van der Waals surface area contributed by atoms with Crippen LogP contribution >= 0.6 is 0 Å². The number of ether oxygens (including phenoxy) is 2. The fraction of sp³-hybridized carbons (Fsp3) is 0.440. The molecule has 0 saturated heterocycles. The molecule has 3 rings (SSSR count). The minimum absolute atomic E-state index is 0.0932. The highest BCUT2D eigenvalue weighted by molar-refractivity contribution is 6.05. The predicted molar refractivity (Wildman–Crippen MR) is 125 cm³/mol. The second-order valence-corrected chi connectivity index (χ2v) is 8.71. The van der Waals surface area contributed by atoms with Gasteiger partial charge in [0.2, 0.25) is 0 Å². The molecule has 0 unspecified atom stereocenters. The van der Waals surface area contributed by atoms with Crippen molar-refractivity contribution in [1.29, 1.82) is 0 Å². The Hall–Kier alpha value is -2.97. The van der Waals surface area contributed by atoms with E-state index >= 15 is 0 Å². The van der Waals surface area contributed by atoms with E-state index < -0.39 is 11.7 Å². The van der Waals surface area contributed by atoms with E-state index in [1.165, 1.54) is 24.3 Å². The van der Waals surface area contributed by atoms with Crippen molar-refractivity contribution in [3.63, 3.8) is 0 Å². The zero-order chi connectivity index (χ0) is 24.1. The standard InChI is InChI=1S/C25H32FN3O4/c1-16-13-28(3)17(2)15-33-22-12-20(27-24(30)18-7-6-8-19(26)11-18)9-10-21(22)25(31)29(4)14-23(16)32-5/h6-12,16-17,23H,13-15H2,1-5H3,(H,27,30)/t16-,17+,23-/m1/s1. The Balaban J connectivity index is 1.90. The van der Waals surface area contributed by atoms with Crippen molar-refractivity contribution in [2.75, 3.05) is 46.2 Å². The number of likely N-dealkylation sites (N-methyl/N-ethyl adjacent to an activating group) is 2. The highest BCUT2D eigenvalue weighted by Gasteiger charge is 2.27. The zero-order valence-electron chi connectivity index (χ0n) is 19.8. The molecule has 33 heavy (non-hydrogen) atoms. The molecule has 0 aromatic heterocycles. The number of fused-ring (bicyclic) bond motifs is 1. The third-order valence-corrected chi connectivity index (χ3v) is 6.10. The molecule has 1 aliphatic rings. The highest BCUT2D eigenvalue weighted by atomic mass is 19.1. The number of methoxy groups -OCH3 is 1. The molecule has 0 spiro atoms. The van der Waals surface area contributed by atoms with Crippen LogP contribution in [-0.4, -0.2) is 74.7 Å². The number of benzene rings is 2. The SMILES string of the molecule is CO[C@@H]1CN(C)C(=O)c2ccc(NC(=O)c3cccc(F)c3)cc2OC[C@H](C)N(C)C[C@H]1C. The molecule has 1 heterocycles. The number of hydrogen-bond acceptors (Lipinski definition) is 5. The van der Waals surface area contributed by atoms with Crippen molar-refractivity contribution in [2.45, 2.75) is 26.0 Å². The first-order valence-electron chi connectivity index (χ1n) is 11.0. The summed E-state index contributed by atoms with van der Waals surface area (Å²) < 4.78 is 25.2. The number of halogens is 1. The van der Waals surface area contributed by atoms with Crippen molar-refractivity contribution in [2.24, 2.45) is 5.92 Å². The summed E-state index contributed by atoms with van der Waals surface area (Å²) in [5.74, 6) is -0.525. The van der Waals surface area contributed by atoms with Gasteiger partial charge in [-0.15, -0.1) is 0 Å². The van der Waals surface area contributed by atoms with Crippen LogP contribution in [0.2, 0.25) is 0 Å². The van der Waals surface area contributed by atoms with Crippen LogP contribution in [0, 0.1) is 11.7 Å². The van der Waals surface area contributed by atoms with Gasteiger partial charge in [-0.2, -0.15) is 0 Å². The maximum absolute atomic E-state index is 13.5. The summed E-state index contributed by atoms with van der Waals surface area (Å²) in [7, 11) is 5.44. The molecule has 0 fully saturated rings. The monoisotopic (exact) mass is 457 g/mol. The highest BCUT2D eigenvalue weighted by Crippen LogP contribution is 2.27. The third-order valence-electron chi connectivity index (χ3n) is 6.10. The lowest BCUT2D eigenvalue weighted by Gasteiger charge is -2.34. The summed E-state index contributed by atoms with van der Waals surface area (Å²) >= 11 is 0. The number of carbonyl (C=O) groups is 2. The molecule has 178 valence electrons. The van der Waals surface area contributed by atoms with Gasteiger partial charge < -0.3 is 19.7 Å². The van der Waals surface area contributed by atoms with Gasteiger partial charge in [-0.3, -0.25) is 14.5 Å². The molecule has 1 N–H and O–H groups in total. The molecule has 2 aromatic carbocycles. The normalized spacial score (nSPS) is 22.5. The van der Waals surface area contributed by atoms with Crippen LogP contribution in [0.1, 0.15) is 34.6 Å². The van der Waals surface area contributed by atoms with E-state index in [2.05, 4.69) is 24.1 Å². The van der Waals surface area contributed by atoms with Crippen molar-refractivity contribution < 1.29 is 23.5 Å². The van der Waals surface area contributed by atoms with E-state index in [-0.39, 0.29) is 29.5 Å². The zero-order valence-corrected chi connectivity index (χ0v) is 19.8. The maximum atomic E-state index is 13.5. The number of rotatable bonds is 3. The minimum Gasteiger partial charge on any atom is -0.491 e. The van der Waals surface area contributed by atoms with E-state index in [1.807, 2.05) is 7.05 Å². The molecule has 2 aromatic rings. The van der Waals surface area contributed by atoms with Gasteiger partial charge in [-0.1, -0.05) is 13.0 Å². The van der Waals surface area contributed by atoms with Crippen LogP contribution in [-0.2, 0) is 4.74 Å². The van der Waals surface area contributed by atoms with Crippen LogP contribution in [0.25, 0.3) is 0 Å². The van der Waals surface area contributed by atoms with Gasteiger partial charge in [-0.05, 0) is 50.2 Å². The molecule has 1 aliphatic heterocycles. The lowest BCUT2D eigenvalue weighted by atomic mass is 10.0. The molecule has 0 radical (unpaired) electrons. The average molecular weight is 458 g/mol. The first-order chi connectivity index (χ1) is 15.7. The summed E-state index contributed by atoms with van der Waals surface area (Å²) in [4.78, 5) is 29.6. The van der Waals surface area contributed by atoms with Gasteiger partial charge in [-0.25, -0.2) is 4.39 Å². The van der Waals surface area contributed by atoms with E-state index in [0.29, 0.717) is 30.2 Å². The number of hydrogen-bond donors (Lipinski definition) is 1. The summed E-state index contributed by atoms with van der Waals surface area (Å²) in [6.07, 6.45) is -0.109.